The SMILES string of the molecule is CCN(c1cccc(F)c1)S(=O)(=O)c1cc(C)c(CO)s1. The third kappa shape index (κ3) is 3.09. The Morgan fingerprint density at radius 1 is 1.33 bits per heavy atom. The van der Waals surface area contributed by atoms with Crippen LogP contribution in [0.2, 0.25) is 0 Å². The van der Waals surface area contributed by atoms with E-state index in [1.54, 1.807) is 19.9 Å². The first-order valence-corrected chi connectivity index (χ1v) is 8.64. The Labute approximate surface area is 127 Å². The minimum Gasteiger partial charge on any atom is -0.391 e. The molecule has 0 unspecified atom stereocenters. The zero-order chi connectivity index (χ0) is 15.6. The summed E-state index contributed by atoms with van der Waals surface area (Å²) in [5.74, 6) is -0.487. The van der Waals surface area contributed by atoms with Crippen molar-refractivity contribution in [3.8, 4) is 0 Å². The molecule has 0 fully saturated rings. The van der Waals surface area contributed by atoms with Crippen molar-refractivity contribution in [1.29, 1.82) is 0 Å². The van der Waals surface area contributed by atoms with E-state index in [4.69, 9.17) is 0 Å². The summed E-state index contributed by atoms with van der Waals surface area (Å²) in [6.45, 7) is 3.44. The van der Waals surface area contributed by atoms with Crippen LogP contribution in [0.3, 0.4) is 0 Å². The van der Waals surface area contributed by atoms with E-state index >= 15 is 0 Å². The van der Waals surface area contributed by atoms with Crippen molar-refractivity contribution in [2.75, 3.05) is 10.8 Å². The number of benzene rings is 1. The average molecular weight is 329 g/mol. The topological polar surface area (TPSA) is 57.6 Å². The molecule has 4 nitrogen and oxygen atoms in total. The van der Waals surface area contributed by atoms with Crippen LogP contribution >= 0.6 is 11.3 Å². The molecule has 0 saturated heterocycles. The number of hydrogen-bond acceptors (Lipinski definition) is 4. The first-order chi connectivity index (χ1) is 9.90. The lowest BCUT2D eigenvalue weighted by molar-refractivity contribution is 0.285. The van der Waals surface area contributed by atoms with E-state index < -0.39 is 15.8 Å². The molecule has 0 bridgehead atoms. The standard InChI is InChI=1S/C14H16FNO3S2/c1-3-16(12-6-4-5-11(15)8-12)21(18,19)14-7-10(2)13(9-17)20-14/h4-8,17H,3,9H2,1-2H3. The van der Waals surface area contributed by atoms with Gasteiger partial charge in [-0.25, -0.2) is 12.8 Å². The molecule has 0 aliphatic carbocycles. The minimum atomic E-state index is -3.76. The molecule has 0 amide bonds. The molecule has 0 atom stereocenters. The van der Waals surface area contributed by atoms with Crippen molar-refractivity contribution >= 4 is 27.0 Å². The number of aryl methyl sites for hydroxylation is 1. The van der Waals surface area contributed by atoms with E-state index in [9.17, 15) is 17.9 Å². The second kappa shape index (κ2) is 6.13. The fourth-order valence-electron chi connectivity index (χ4n) is 2.00. The summed E-state index contributed by atoms with van der Waals surface area (Å²) < 4.78 is 40.0. The van der Waals surface area contributed by atoms with Gasteiger partial charge in [0.2, 0.25) is 0 Å². The average Bonchev–Trinajstić information content (AvgIpc) is 2.81. The van der Waals surface area contributed by atoms with Crippen LogP contribution in [0.25, 0.3) is 0 Å². The van der Waals surface area contributed by atoms with E-state index in [-0.39, 0.29) is 23.0 Å². The summed E-state index contributed by atoms with van der Waals surface area (Å²) >= 11 is 1.04. The van der Waals surface area contributed by atoms with E-state index in [1.165, 1.54) is 24.3 Å². The maximum absolute atomic E-state index is 13.3. The summed E-state index contributed by atoms with van der Waals surface area (Å²) in [4.78, 5) is 0.615. The van der Waals surface area contributed by atoms with Crippen molar-refractivity contribution in [2.24, 2.45) is 0 Å². The maximum atomic E-state index is 13.3. The summed E-state index contributed by atoms with van der Waals surface area (Å²) in [5, 5.41) is 9.20. The Kier molecular flexibility index (Phi) is 4.65. The Bertz CT molecular complexity index is 740. The lowest BCUT2D eigenvalue weighted by Gasteiger charge is -2.22. The number of aliphatic hydroxyl groups is 1. The molecule has 114 valence electrons. The fourth-order valence-corrected chi connectivity index (χ4v) is 5.03. The highest BCUT2D eigenvalue weighted by Gasteiger charge is 2.26. The molecule has 0 aliphatic heterocycles. The van der Waals surface area contributed by atoms with Gasteiger partial charge in [0, 0.05) is 11.4 Å². The molecule has 2 rings (SSSR count). The van der Waals surface area contributed by atoms with Crippen LogP contribution in [-0.2, 0) is 16.6 Å². The Balaban J connectivity index is 2.49. The molecule has 1 heterocycles. The zero-order valence-electron chi connectivity index (χ0n) is 11.7. The number of halogens is 1. The van der Waals surface area contributed by atoms with Gasteiger partial charge in [0.15, 0.2) is 0 Å². The van der Waals surface area contributed by atoms with E-state index in [1.807, 2.05) is 0 Å². The monoisotopic (exact) mass is 329 g/mol. The second-order valence-electron chi connectivity index (χ2n) is 4.48. The molecular formula is C14H16FNO3S2. The second-order valence-corrected chi connectivity index (χ2v) is 7.71. The van der Waals surface area contributed by atoms with Gasteiger partial charge in [-0.05, 0) is 43.7 Å². The van der Waals surface area contributed by atoms with Gasteiger partial charge in [0.05, 0.1) is 12.3 Å². The van der Waals surface area contributed by atoms with Gasteiger partial charge < -0.3 is 5.11 Å². The third-order valence-electron chi connectivity index (χ3n) is 3.07. The highest BCUT2D eigenvalue weighted by atomic mass is 32.2. The Morgan fingerprint density at radius 3 is 2.57 bits per heavy atom. The van der Waals surface area contributed by atoms with Crippen LogP contribution < -0.4 is 4.31 Å². The largest absolute Gasteiger partial charge is 0.391 e. The van der Waals surface area contributed by atoms with Gasteiger partial charge in [-0.15, -0.1) is 11.3 Å². The highest BCUT2D eigenvalue weighted by molar-refractivity contribution is 7.94. The third-order valence-corrected chi connectivity index (χ3v) is 6.64. The summed E-state index contributed by atoms with van der Waals surface area (Å²) in [6.07, 6.45) is 0. The van der Waals surface area contributed by atoms with Crippen molar-refractivity contribution in [1.82, 2.24) is 0 Å². The van der Waals surface area contributed by atoms with Gasteiger partial charge in [-0.1, -0.05) is 6.07 Å². The van der Waals surface area contributed by atoms with Gasteiger partial charge in [0.1, 0.15) is 10.0 Å². The van der Waals surface area contributed by atoms with Crippen LogP contribution in [0.15, 0.2) is 34.5 Å². The molecule has 1 N–H and O–H groups in total. The smallest absolute Gasteiger partial charge is 0.273 e. The highest BCUT2D eigenvalue weighted by Crippen LogP contribution is 2.31. The molecule has 1 aromatic carbocycles. The van der Waals surface area contributed by atoms with Crippen molar-refractivity contribution in [2.45, 2.75) is 24.7 Å². The van der Waals surface area contributed by atoms with Gasteiger partial charge in [-0.2, -0.15) is 0 Å². The van der Waals surface area contributed by atoms with Gasteiger partial charge in [0.25, 0.3) is 10.0 Å². The van der Waals surface area contributed by atoms with Crippen molar-refractivity contribution < 1.29 is 17.9 Å². The number of sulfonamides is 1. The quantitative estimate of drug-likeness (QED) is 0.917. The normalized spacial score (nSPS) is 11.6. The summed E-state index contributed by atoms with van der Waals surface area (Å²) in [5.41, 5.74) is 1.02. The van der Waals surface area contributed by atoms with Crippen LogP contribution in [0.1, 0.15) is 17.4 Å². The van der Waals surface area contributed by atoms with Crippen LogP contribution in [-0.4, -0.2) is 20.1 Å². The molecule has 0 radical (unpaired) electrons. The number of hydrogen-bond donors (Lipinski definition) is 1. The number of thiophene rings is 1. The Morgan fingerprint density at radius 2 is 2.05 bits per heavy atom. The molecule has 0 spiro atoms. The van der Waals surface area contributed by atoms with Crippen molar-refractivity contribution in [3.63, 3.8) is 0 Å². The predicted molar refractivity (Wildman–Crippen MR) is 81.6 cm³/mol. The van der Waals surface area contributed by atoms with Gasteiger partial charge >= 0.3 is 0 Å². The zero-order valence-corrected chi connectivity index (χ0v) is 13.3. The van der Waals surface area contributed by atoms with E-state index in [0.717, 1.165) is 21.2 Å². The lowest BCUT2D eigenvalue weighted by atomic mass is 10.3. The molecule has 2 aromatic rings. The molecular weight excluding hydrogens is 313 g/mol. The molecule has 1 aromatic heterocycles. The number of aliphatic hydroxyl groups excluding tert-OH is 1. The maximum Gasteiger partial charge on any atom is 0.273 e. The van der Waals surface area contributed by atoms with E-state index in [0.29, 0.717) is 4.88 Å². The molecule has 0 saturated carbocycles. The van der Waals surface area contributed by atoms with E-state index in [2.05, 4.69) is 0 Å². The Hall–Kier alpha value is -1.44. The minimum absolute atomic E-state index is 0.148. The first kappa shape index (κ1) is 15.9. The van der Waals surface area contributed by atoms with Gasteiger partial charge in [-0.3, -0.25) is 4.31 Å². The summed E-state index contributed by atoms with van der Waals surface area (Å²) in [6, 6.07) is 7.02. The van der Waals surface area contributed by atoms with Crippen LogP contribution in [0.5, 0.6) is 0 Å². The summed E-state index contributed by atoms with van der Waals surface area (Å²) in [7, 11) is -3.76. The fraction of sp³-hybridized carbons (Fsp3) is 0.286. The lowest BCUT2D eigenvalue weighted by Crippen LogP contribution is -2.30. The van der Waals surface area contributed by atoms with Crippen molar-refractivity contribution in [3.05, 3.63) is 46.6 Å². The number of nitrogens with zero attached hydrogens (tertiary/aromatic N) is 1. The van der Waals surface area contributed by atoms with Crippen LogP contribution in [0, 0.1) is 12.7 Å². The molecule has 0 aliphatic rings. The predicted octanol–water partition coefficient (Wildman–Crippen LogP) is 2.90. The number of anilines is 1. The molecule has 21 heavy (non-hydrogen) atoms. The molecule has 7 heteroatoms. The number of rotatable bonds is 5. The van der Waals surface area contributed by atoms with Crippen LogP contribution in [0.4, 0.5) is 10.1 Å². The first-order valence-electron chi connectivity index (χ1n) is 6.38.